The van der Waals surface area contributed by atoms with E-state index in [1.54, 1.807) is 4.88 Å². The molecule has 0 bridgehead atoms. The zero-order valence-electron chi connectivity index (χ0n) is 17.2. The summed E-state index contributed by atoms with van der Waals surface area (Å²) in [6, 6.07) is 4.70. The van der Waals surface area contributed by atoms with Gasteiger partial charge in [-0.05, 0) is 43.2 Å². The van der Waals surface area contributed by atoms with Gasteiger partial charge in [0, 0.05) is 43.2 Å². The Hall–Kier alpha value is -1.13. The van der Waals surface area contributed by atoms with E-state index >= 15 is 0 Å². The SMILES string of the molecule is CCNC(=NCc1cc(C(C)C)no1)NCC(C)N1CCc2sccc2C1.I. The molecule has 8 heteroatoms. The fourth-order valence-corrected chi connectivity index (χ4v) is 4.08. The van der Waals surface area contributed by atoms with E-state index in [0.717, 1.165) is 50.0 Å². The molecule has 3 rings (SSSR count). The van der Waals surface area contributed by atoms with Crippen molar-refractivity contribution in [1.82, 2.24) is 20.7 Å². The minimum absolute atomic E-state index is 0. The summed E-state index contributed by atoms with van der Waals surface area (Å²) in [6.45, 7) is 12.9. The Kier molecular flexibility index (Phi) is 9.23. The van der Waals surface area contributed by atoms with Gasteiger partial charge in [0.1, 0.15) is 6.54 Å². The number of rotatable bonds is 7. The van der Waals surface area contributed by atoms with Crippen LogP contribution in [-0.2, 0) is 19.5 Å². The highest BCUT2D eigenvalue weighted by molar-refractivity contribution is 14.0. The third-order valence-corrected chi connectivity index (χ3v) is 5.95. The predicted molar refractivity (Wildman–Crippen MR) is 127 cm³/mol. The van der Waals surface area contributed by atoms with Crippen LogP contribution in [-0.4, -0.2) is 41.7 Å². The van der Waals surface area contributed by atoms with E-state index in [0.29, 0.717) is 18.5 Å². The van der Waals surface area contributed by atoms with Gasteiger partial charge in [-0.1, -0.05) is 19.0 Å². The summed E-state index contributed by atoms with van der Waals surface area (Å²) in [4.78, 5) is 8.73. The number of nitrogens with zero attached hydrogens (tertiary/aromatic N) is 3. The van der Waals surface area contributed by atoms with Gasteiger partial charge in [0.05, 0.1) is 5.69 Å². The fraction of sp³-hybridized carbons (Fsp3) is 0.600. The largest absolute Gasteiger partial charge is 0.359 e. The van der Waals surface area contributed by atoms with Gasteiger partial charge in [-0.15, -0.1) is 35.3 Å². The van der Waals surface area contributed by atoms with Gasteiger partial charge in [0.25, 0.3) is 0 Å². The first-order valence-corrected chi connectivity index (χ1v) is 10.7. The summed E-state index contributed by atoms with van der Waals surface area (Å²) in [5.41, 5.74) is 2.47. The molecule has 2 aromatic heterocycles. The van der Waals surface area contributed by atoms with Gasteiger partial charge in [0.15, 0.2) is 11.7 Å². The summed E-state index contributed by atoms with van der Waals surface area (Å²) in [7, 11) is 0. The van der Waals surface area contributed by atoms with Crippen LogP contribution in [0.2, 0.25) is 0 Å². The van der Waals surface area contributed by atoms with Crippen LogP contribution in [0.1, 0.15) is 55.5 Å². The van der Waals surface area contributed by atoms with Gasteiger partial charge >= 0.3 is 0 Å². The molecule has 156 valence electrons. The molecule has 2 aromatic rings. The molecule has 6 nitrogen and oxygen atoms in total. The maximum absolute atomic E-state index is 5.38. The first-order chi connectivity index (χ1) is 13.1. The van der Waals surface area contributed by atoms with Gasteiger partial charge < -0.3 is 15.2 Å². The molecule has 1 atom stereocenters. The Morgan fingerprint density at radius 2 is 2.18 bits per heavy atom. The first-order valence-electron chi connectivity index (χ1n) is 9.83. The average molecular weight is 517 g/mol. The predicted octanol–water partition coefficient (Wildman–Crippen LogP) is 3.98. The number of guanidine groups is 1. The van der Waals surface area contributed by atoms with Crippen molar-refractivity contribution in [3.8, 4) is 0 Å². The molecule has 1 unspecified atom stereocenters. The van der Waals surface area contributed by atoms with Crippen LogP contribution in [0, 0.1) is 0 Å². The van der Waals surface area contributed by atoms with E-state index in [1.165, 1.54) is 5.56 Å². The van der Waals surface area contributed by atoms with Gasteiger partial charge in [-0.2, -0.15) is 0 Å². The molecular formula is C20H32IN5OS. The number of hydrogen-bond acceptors (Lipinski definition) is 5. The zero-order chi connectivity index (χ0) is 19.2. The second-order valence-electron chi connectivity index (χ2n) is 7.39. The van der Waals surface area contributed by atoms with Crippen molar-refractivity contribution in [1.29, 1.82) is 0 Å². The van der Waals surface area contributed by atoms with Crippen molar-refractivity contribution >= 4 is 41.3 Å². The number of halogens is 1. The summed E-state index contributed by atoms with van der Waals surface area (Å²) in [6.07, 6.45) is 1.16. The number of aromatic nitrogens is 1. The van der Waals surface area contributed by atoms with E-state index in [1.807, 2.05) is 17.4 Å². The molecule has 0 spiro atoms. The lowest BCUT2D eigenvalue weighted by atomic mass is 10.1. The van der Waals surface area contributed by atoms with Crippen molar-refractivity contribution < 1.29 is 4.52 Å². The van der Waals surface area contributed by atoms with Crippen LogP contribution in [0.4, 0.5) is 0 Å². The molecule has 1 aliphatic heterocycles. The molecule has 0 saturated heterocycles. The van der Waals surface area contributed by atoms with Crippen LogP contribution >= 0.6 is 35.3 Å². The molecular weight excluding hydrogens is 485 g/mol. The Morgan fingerprint density at radius 3 is 2.89 bits per heavy atom. The van der Waals surface area contributed by atoms with Crippen LogP contribution in [0.3, 0.4) is 0 Å². The van der Waals surface area contributed by atoms with Crippen molar-refractivity contribution in [2.24, 2.45) is 4.99 Å². The quantitative estimate of drug-likeness (QED) is 0.331. The van der Waals surface area contributed by atoms with E-state index in [4.69, 9.17) is 4.52 Å². The maximum Gasteiger partial charge on any atom is 0.191 e. The van der Waals surface area contributed by atoms with Crippen LogP contribution in [0.25, 0.3) is 0 Å². The molecule has 3 heterocycles. The van der Waals surface area contributed by atoms with E-state index in [9.17, 15) is 0 Å². The number of hydrogen-bond donors (Lipinski definition) is 2. The number of fused-ring (bicyclic) bond motifs is 1. The van der Waals surface area contributed by atoms with E-state index in [2.05, 4.69) is 64.8 Å². The summed E-state index contributed by atoms with van der Waals surface area (Å²) < 4.78 is 5.38. The standard InChI is InChI=1S/C20H31N5OS.HI/c1-5-21-20(23-12-17-10-18(14(2)3)24-26-17)22-11-15(4)25-8-6-19-16(13-25)7-9-27-19;/h7,9-10,14-15H,5-6,8,11-13H2,1-4H3,(H2,21,22,23);1H. The summed E-state index contributed by atoms with van der Waals surface area (Å²) in [5.74, 6) is 1.98. The molecule has 0 fully saturated rings. The van der Waals surface area contributed by atoms with E-state index in [-0.39, 0.29) is 24.0 Å². The molecule has 28 heavy (non-hydrogen) atoms. The first kappa shape index (κ1) is 23.2. The Balaban J connectivity index is 0.00000280. The minimum Gasteiger partial charge on any atom is -0.359 e. The summed E-state index contributed by atoms with van der Waals surface area (Å²) >= 11 is 1.89. The van der Waals surface area contributed by atoms with Gasteiger partial charge in [-0.25, -0.2) is 4.99 Å². The van der Waals surface area contributed by atoms with Crippen molar-refractivity contribution in [2.45, 2.75) is 59.2 Å². The van der Waals surface area contributed by atoms with E-state index < -0.39 is 0 Å². The van der Waals surface area contributed by atoms with Crippen LogP contribution in [0.5, 0.6) is 0 Å². The third kappa shape index (κ3) is 6.18. The molecule has 0 amide bonds. The second-order valence-corrected chi connectivity index (χ2v) is 8.39. The van der Waals surface area contributed by atoms with Crippen molar-refractivity contribution in [3.63, 3.8) is 0 Å². The summed E-state index contributed by atoms with van der Waals surface area (Å²) in [5, 5.41) is 13.1. The highest BCUT2D eigenvalue weighted by atomic mass is 127. The van der Waals surface area contributed by atoms with Crippen molar-refractivity contribution in [3.05, 3.63) is 39.4 Å². The lowest BCUT2D eigenvalue weighted by Crippen LogP contribution is -2.47. The lowest BCUT2D eigenvalue weighted by Gasteiger charge is -2.32. The Labute approximate surface area is 189 Å². The molecule has 0 radical (unpaired) electrons. The minimum atomic E-state index is 0. The second kappa shape index (κ2) is 11.2. The molecule has 0 saturated carbocycles. The van der Waals surface area contributed by atoms with Gasteiger partial charge in [-0.3, -0.25) is 4.90 Å². The van der Waals surface area contributed by atoms with Crippen molar-refractivity contribution in [2.75, 3.05) is 19.6 Å². The van der Waals surface area contributed by atoms with Gasteiger partial charge in [0.2, 0.25) is 0 Å². The number of thiophene rings is 1. The zero-order valence-corrected chi connectivity index (χ0v) is 20.3. The molecule has 1 aliphatic rings. The molecule has 0 aromatic carbocycles. The average Bonchev–Trinajstić information content (AvgIpc) is 3.32. The smallest absolute Gasteiger partial charge is 0.191 e. The number of aliphatic imine (C=N–C) groups is 1. The highest BCUT2D eigenvalue weighted by Gasteiger charge is 2.21. The van der Waals surface area contributed by atoms with Crippen LogP contribution < -0.4 is 10.6 Å². The monoisotopic (exact) mass is 517 g/mol. The maximum atomic E-state index is 5.38. The topological polar surface area (TPSA) is 65.7 Å². The Morgan fingerprint density at radius 1 is 1.36 bits per heavy atom. The Bertz CT molecular complexity index is 757. The highest BCUT2D eigenvalue weighted by Crippen LogP contribution is 2.25. The lowest BCUT2D eigenvalue weighted by molar-refractivity contribution is 0.192. The normalized spacial score (nSPS) is 15.8. The molecule has 0 aliphatic carbocycles. The third-order valence-electron chi connectivity index (χ3n) is 4.93. The van der Waals surface area contributed by atoms with Crippen LogP contribution in [0.15, 0.2) is 27.0 Å². The number of nitrogens with one attached hydrogen (secondary N) is 2. The molecule has 2 N–H and O–H groups in total. The fourth-order valence-electron chi connectivity index (χ4n) is 3.19.